The van der Waals surface area contributed by atoms with Crippen molar-refractivity contribution < 1.29 is 23.8 Å². The molecule has 0 aromatic heterocycles. The van der Waals surface area contributed by atoms with Gasteiger partial charge in [-0.15, -0.1) is 0 Å². The molecule has 0 atom stereocenters. The van der Waals surface area contributed by atoms with E-state index >= 15 is 0 Å². The molecule has 0 radical (unpaired) electrons. The quantitative estimate of drug-likeness (QED) is 0.810. The Kier molecular flexibility index (Phi) is 5.93. The molecule has 1 aliphatic heterocycles. The maximum absolute atomic E-state index is 12.3. The number of hydrogen-bond acceptors (Lipinski definition) is 5. The van der Waals surface area contributed by atoms with Crippen molar-refractivity contribution in [2.75, 3.05) is 43.7 Å². The second-order valence-corrected chi connectivity index (χ2v) is 6.16. The Hall–Kier alpha value is -3.06. The fourth-order valence-electron chi connectivity index (χ4n) is 2.82. The number of nitrogens with one attached hydrogen (secondary N) is 1. The molecule has 7 heteroatoms. The van der Waals surface area contributed by atoms with Gasteiger partial charge in [0.1, 0.15) is 24.7 Å². The summed E-state index contributed by atoms with van der Waals surface area (Å²) in [5.41, 5.74) is 2.35. The molecule has 1 N–H and O–H groups in total. The summed E-state index contributed by atoms with van der Waals surface area (Å²) in [4.78, 5) is 25.5. The normalized spacial score (nSPS) is 13.0. The summed E-state index contributed by atoms with van der Waals surface area (Å²) < 4.78 is 16.1. The van der Waals surface area contributed by atoms with Crippen LogP contribution in [0, 0.1) is 6.92 Å². The number of amides is 2. The molecule has 1 aliphatic rings. The third-order valence-electron chi connectivity index (χ3n) is 4.04. The topological polar surface area (TPSA) is 77.1 Å². The Labute approximate surface area is 157 Å². The van der Waals surface area contributed by atoms with E-state index in [-0.39, 0.29) is 25.0 Å². The van der Waals surface area contributed by atoms with E-state index in [4.69, 9.17) is 14.2 Å². The standard InChI is InChI=1S/C20H22N2O5/c1-14-4-3-5-16(10-14)26-9-8-22-17-7-6-15(21-19(23)12-25-2)11-18(17)27-13-20(22)24/h3-7,10-11H,8-9,12-13H2,1-2H3,(H,21,23). The van der Waals surface area contributed by atoms with Crippen LogP contribution in [0.4, 0.5) is 11.4 Å². The van der Waals surface area contributed by atoms with Gasteiger partial charge in [0.25, 0.3) is 5.91 Å². The predicted octanol–water partition coefficient (Wildman–Crippen LogP) is 2.38. The maximum Gasteiger partial charge on any atom is 0.265 e. The molecule has 0 saturated carbocycles. The number of rotatable bonds is 7. The lowest BCUT2D eigenvalue weighted by Gasteiger charge is -2.29. The van der Waals surface area contributed by atoms with Crippen LogP contribution in [-0.2, 0) is 14.3 Å². The van der Waals surface area contributed by atoms with Gasteiger partial charge in [-0.05, 0) is 36.8 Å². The van der Waals surface area contributed by atoms with Crippen molar-refractivity contribution in [3.05, 3.63) is 48.0 Å². The van der Waals surface area contributed by atoms with Crippen LogP contribution in [0.25, 0.3) is 0 Å². The zero-order valence-corrected chi connectivity index (χ0v) is 15.4. The number of fused-ring (bicyclic) bond motifs is 1. The van der Waals surface area contributed by atoms with Gasteiger partial charge in [0.2, 0.25) is 5.91 Å². The summed E-state index contributed by atoms with van der Waals surface area (Å²) in [7, 11) is 1.46. The van der Waals surface area contributed by atoms with Gasteiger partial charge in [-0.2, -0.15) is 0 Å². The van der Waals surface area contributed by atoms with Gasteiger partial charge < -0.3 is 24.4 Å². The molecule has 7 nitrogen and oxygen atoms in total. The average molecular weight is 370 g/mol. The summed E-state index contributed by atoms with van der Waals surface area (Å²) in [5.74, 6) is 0.923. The van der Waals surface area contributed by atoms with Gasteiger partial charge in [0.15, 0.2) is 6.61 Å². The fourth-order valence-corrected chi connectivity index (χ4v) is 2.82. The summed E-state index contributed by atoms with van der Waals surface area (Å²) in [6, 6.07) is 12.9. The molecule has 2 aromatic rings. The fraction of sp³-hybridized carbons (Fsp3) is 0.300. The molecule has 0 aliphatic carbocycles. The van der Waals surface area contributed by atoms with Gasteiger partial charge >= 0.3 is 0 Å². The molecule has 3 rings (SSSR count). The Morgan fingerprint density at radius 2 is 2.11 bits per heavy atom. The largest absolute Gasteiger partial charge is 0.492 e. The second-order valence-electron chi connectivity index (χ2n) is 6.16. The molecule has 0 fully saturated rings. The second kappa shape index (κ2) is 8.55. The number of aryl methyl sites for hydroxylation is 1. The van der Waals surface area contributed by atoms with E-state index < -0.39 is 0 Å². The first-order chi connectivity index (χ1) is 13.1. The van der Waals surface area contributed by atoms with Crippen LogP contribution in [0.5, 0.6) is 11.5 Å². The number of carbonyl (C=O) groups is 2. The van der Waals surface area contributed by atoms with Gasteiger partial charge in [0, 0.05) is 18.9 Å². The van der Waals surface area contributed by atoms with Gasteiger partial charge in [-0.1, -0.05) is 12.1 Å². The molecule has 0 spiro atoms. The van der Waals surface area contributed by atoms with Crippen molar-refractivity contribution in [2.45, 2.75) is 6.92 Å². The summed E-state index contributed by atoms with van der Waals surface area (Å²) in [6.45, 7) is 2.68. The molecular weight excluding hydrogens is 348 g/mol. The van der Waals surface area contributed by atoms with Crippen LogP contribution in [0.3, 0.4) is 0 Å². The predicted molar refractivity (Wildman–Crippen MR) is 101 cm³/mol. The highest BCUT2D eigenvalue weighted by Crippen LogP contribution is 2.34. The van der Waals surface area contributed by atoms with Crippen LogP contribution in [0.1, 0.15) is 5.56 Å². The van der Waals surface area contributed by atoms with Crippen molar-refractivity contribution in [1.29, 1.82) is 0 Å². The van der Waals surface area contributed by atoms with Crippen LogP contribution < -0.4 is 19.7 Å². The van der Waals surface area contributed by atoms with E-state index in [1.165, 1.54) is 7.11 Å². The van der Waals surface area contributed by atoms with Crippen molar-refractivity contribution in [2.24, 2.45) is 0 Å². The number of nitrogens with zero attached hydrogens (tertiary/aromatic N) is 1. The molecular formula is C20H22N2O5. The van der Waals surface area contributed by atoms with E-state index in [1.807, 2.05) is 31.2 Å². The first-order valence-electron chi connectivity index (χ1n) is 8.62. The number of carbonyl (C=O) groups excluding carboxylic acids is 2. The summed E-state index contributed by atoms with van der Waals surface area (Å²) in [6.07, 6.45) is 0. The zero-order valence-electron chi connectivity index (χ0n) is 15.4. The number of anilines is 2. The molecule has 0 unspecified atom stereocenters. The van der Waals surface area contributed by atoms with Gasteiger partial charge in [-0.3, -0.25) is 9.59 Å². The zero-order chi connectivity index (χ0) is 19.2. The monoisotopic (exact) mass is 370 g/mol. The number of hydrogen-bond donors (Lipinski definition) is 1. The Bertz CT molecular complexity index is 837. The molecule has 142 valence electrons. The van der Waals surface area contributed by atoms with E-state index in [9.17, 15) is 9.59 Å². The number of ether oxygens (including phenoxy) is 3. The minimum atomic E-state index is -0.257. The smallest absolute Gasteiger partial charge is 0.265 e. The minimum Gasteiger partial charge on any atom is -0.492 e. The summed E-state index contributed by atoms with van der Waals surface area (Å²) in [5, 5.41) is 2.72. The van der Waals surface area contributed by atoms with Crippen LogP contribution in [-0.4, -0.2) is 45.3 Å². The first-order valence-corrected chi connectivity index (χ1v) is 8.62. The summed E-state index contributed by atoms with van der Waals surface area (Å²) >= 11 is 0. The Balaban J connectivity index is 1.66. The highest BCUT2D eigenvalue weighted by atomic mass is 16.5. The van der Waals surface area contributed by atoms with Crippen molar-refractivity contribution in [1.82, 2.24) is 0 Å². The maximum atomic E-state index is 12.3. The van der Waals surface area contributed by atoms with Crippen LogP contribution in [0.2, 0.25) is 0 Å². The highest BCUT2D eigenvalue weighted by molar-refractivity contribution is 5.99. The van der Waals surface area contributed by atoms with E-state index in [0.29, 0.717) is 30.3 Å². The minimum absolute atomic E-state index is 0.0289. The molecule has 2 aromatic carbocycles. The first kappa shape index (κ1) is 18.7. The molecule has 0 bridgehead atoms. The lowest BCUT2D eigenvalue weighted by molar-refractivity contribution is -0.121. The third kappa shape index (κ3) is 4.77. The number of benzene rings is 2. The lowest BCUT2D eigenvalue weighted by atomic mass is 10.2. The Morgan fingerprint density at radius 3 is 2.89 bits per heavy atom. The van der Waals surface area contributed by atoms with Crippen molar-refractivity contribution in [3.63, 3.8) is 0 Å². The van der Waals surface area contributed by atoms with Crippen molar-refractivity contribution >= 4 is 23.2 Å². The highest BCUT2D eigenvalue weighted by Gasteiger charge is 2.25. The average Bonchev–Trinajstić information content (AvgIpc) is 2.64. The SMILES string of the molecule is COCC(=O)Nc1ccc2c(c1)OCC(=O)N2CCOc1cccc(C)c1. The van der Waals surface area contributed by atoms with Crippen LogP contribution in [0.15, 0.2) is 42.5 Å². The molecule has 0 saturated heterocycles. The molecule has 1 heterocycles. The Morgan fingerprint density at radius 1 is 1.26 bits per heavy atom. The van der Waals surface area contributed by atoms with Crippen molar-refractivity contribution in [3.8, 4) is 11.5 Å². The third-order valence-corrected chi connectivity index (χ3v) is 4.04. The van der Waals surface area contributed by atoms with Gasteiger partial charge in [-0.25, -0.2) is 0 Å². The van der Waals surface area contributed by atoms with Gasteiger partial charge in [0.05, 0.1) is 12.2 Å². The molecule has 27 heavy (non-hydrogen) atoms. The van der Waals surface area contributed by atoms with Crippen LogP contribution >= 0.6 is 0 Å². The molecule has 2 amide bonds. The van der Waals surface area contributed by atoms with E-state index in [0.717, 1.165) is 11.3 Å². The lowest BCUT2D eigenvalue weighted by Crippen LogP contribution is -2.41. The number of methoxy groups -OCH3 is 1. The van der Waals surface area contributed by atoms with E-state index in [2.05, 4.69) is 5.32 Å². The van der Waals surface area contributed by atoms with E-state index in [1.54, 1.807) is 23.1 Å².